The second kappa shape index (κ2) is 5.11. The first-order valence-corrected chi connectivity index (χ1v) is 5.02. The average Bonchev–Trinajstić information content (AvgIpc) is 2.17. The Balaban J connectivity index is 2.48. The molecule has 0 aromatic carbocycles. The first-order valence-electron chi connectivity index (χ1n) is 4.59. The highest BCUT2D eigenvalue weighted by molar-refractivity contribution is 6.31. The van der Waals surface area contributed by atoms with E-state index < -0.39 is 17.3 Å². The molecule has 0 fully saturated rings. The Morgan fingerprint density at radius 1 is 1.67 bits per heavy atom. The summed E-state index contributed by atoms with van der Waals surface area (Å²) in [5, 5.41) is 1.31. The summed E-state index contributed by atoms with van der Waals surface area (Å²) < 4.78 is 12.8. The Morgan fingerprint density at radius 3 is 2.87 bits per heavy atom. The summed E-state index contributed by atoms with van der Waals surface area (Å²) in [6.07, 6.45) is 1.89. The molecule has 1 unspecified atom stereocenters. The van der Waals surface area contributed by atoms with Gasteiger partial charge in [0.05, 0.1) is 6.54 Å². The van der Waals surface area contributed by atoms with Crippen LogP contribution in [0.5, 0.6) is 0 Å². The number of halogens is 2. The van der Waals surface area contributed by atoms with Crippen LogP contribution in [0, 0.1) is 0 Å². The minimum atomic E-state index is -0.779. The highest BCUT2D eigenvalue weighted by Gasteiger charge is 2.21. The van der Waals surface area contributed by atoms with Crippen molar-refractivity contribution in [3.63, 3.8) is 0 Å². The second-order valence-corrected chi connectivity index (χ2v) is 3.93. The number of urea groups is 1. The molecule has 1 heterocycles. The van der Waals surface area contributed by atoms with E-state index in [9.17, 15) is 14.0 Å². The molecule has 4 nitrogen and oxygen atoms in total. The molecule has 0 aromatic heterocycles. The molecular weight excluding hydrogens is 223 g/mol. The topological polar surface area (TPSA) is 49.4 Å². The third kappa shape index (κ3) is 3.51. The number of alkyl halides is 1. The summed E-state index contributed by atoms with van der Waals surface area (Å²) >= 11 is 5.47. The van der Waals surface area contributed by atoms with Crippen LogP contribution in [0.25, 0.3) is 0 Å². The number of nitrogens with zero attached hydrogens (tertiary/aromatic N) is 1. The van der Waals surface area contributed by atoms with Crippen molar-refractivity contribution < 1.29 is 14.0 Å². The number of imide groups is 1. The van der Waals surface area contributed by atoms with E-state index in [1.54, 1.807) is 0 Å². The number of nitrogens with one attached hydrogen (secondary N) is 1. The van der Waals surface area contributed by atoms with Crippen LogP contribution in [0.3, 0.4) is 0 Å². The van der Waals surface area contributed by atoms with Gasteiger partial charge in [-0.3, -0.25) is 10.1 Å². The molecule has 0 aromatic rings. The Kier molecular flexibility index (Phi) is 4.08. The van der Waals surface area contributed by atoms with Crippen LogP contribution >= 0.6 is 11.6 Å². The van der Waals surface area contributed by atoms with E-state index in [1.807, 2.05) is 0 Å². The Labute approximate surface area is 92.1 Å². The molecule has 0 saturated carbocycles. The average molecular weight is 235 g/mol. The van der Waals surface area contributed by atoms with Gasteiger partial charge in [-0.05, 0) is 19.4 Å². The molecule has 84 valence electrons. The SMILES string of the molecule is CC(Cl)C(=O)NC(=O)N1CCC=C(F)C1. The lowest BCUT2D eigenvalue weighted by Crippen LogP contribution is -2.46. The fourth-order valence-corrected chi connectivity index (χ4v) is 1.21. The van der Waals surface area contributed by atoms with Gasteiger partial charge in [0, 0.05) is 6.54 Å². The number of carbonyl (C=O) groups excluding carboxylic acids is 2. The van der Waals surface area contributed by atoms with Crippen molar-refractivity contribution in [1.29, 1.82) is 0 Å². The van der Waals surface area contributed by atoms with Gasteiger partial charge in [0.2, 0.25) is 5.91 Å². The maximum atomic E-state index is 12.8. The van der Waals surface area contributed by atoms with E-state index in [0.717, 1.165) is 0 Å². The molecule has 1 atom stereocenters. The van der Waals surface area contributed by atoms with Gasteiger partial charge in [0.25, 0.3) is 0 Å². The number of hydrogen-bond acceptors (Lipinski definition) is 2. The standard InChI is InChI=1S/C9H12ClFN2O2/c1-6(10)8(14)12-9(15)13-4-2-3-7(11)5-13/h3,6H,2,4-5H2,1H3,(H,12,14,15). The quantitative estimate of drug-likeness (QED) is 0.698. The zero-order valence-electron chi connectivity index (χ0n) is 8.30. The van der Waals surface area contributed by atoms with Crippen LogP contribution in [-0.2, 0) is 4.79 Å². The van der Waals surface area contributed by atoms with Crippen molar-refractivity contribution in [3.05, 3.63) is 11.9 Å². The van der Waals surface area contributed by atoms with Crippen molar-refractivity contribution in [2.75, 3.05) is 13.1 Å². The molecule has 0 aliphatic carbocycles. The highest BCUT2D eigenvalue weighted by Crippen LogP contribution is 2.10. The molecule has 1 aliphatic heterocycles. The zero-order chi connectivity index (χ0) is 11.4. The summed E-state index contributed by atoms with van der Waals surface area (Å²) in [5.41, 5.74) is 0. The molecule has 0 spiro atoms. The predicted molar refractivity (Wildman–Crippen MR) is 54.2 cm³/mol. The normalized spacial score (nSPS) is 18.1. The van der Waals surface area contributed by atoms with Gasteiger partial charge in [0.15, 0.2) is 0 Å². The van der Waals surface area contributed by atoms with Gasteiger partial charge in [-0.2, -0.15) is 0 Å². The van der Waals surface area contributed by atoms with Gasteiger partial charge in [0.1, 0.15) is 11.2 Å². The predicted octanol–water partition coefficient (Wildman–Crippen LogP) is 1.41. The minimum absolute atomic E-state index is 0.0875. The minimum Gasteiger partial charge on any atom is -0.317 e. The first-order chi connectivity index (χ1) is 7.00. The third-order valence-corrected chi connectivity index (χ3v) is 2.18. The smallest absolute Gasteiger partial charge is 0.317 e. The molecule has 0 radical (unpaired) electrons. The van der Waals surface area contributed by atoms with Crippen LogP contribution in [0.2, 0.25) is 0 Å². The molecule has 1 aliphatic rings. The van der Waals surface area contributed by atoms with E-state index in [4.69, 9.17) is 11.6 Å². The number of carbonyl (C=O) groups is 2. The van der Waals surface area contributed by atoms with Crippen molar-refractivity contribution >= 4 is 23.5 Å². The van der Waals surface area contributed by atoms with Gasteiger partial charge < -0.3 is 4.90 Å². The monoisotopic (exact) mass is 234 g/mol. The molecule has 15 heavy (non-hydrogen) atoms. The van der Waals surface area contributed by atoms with Crippen molar-refractivity contribution in [2.24, 2.45) is 0 Å². The van der Waals surface area contributed by atoms with Crippen molar-refractivity contribution in [3.8, 4) is 0 Å². The molecule has 1 rings (SSSR count). The molecule has 0 saturated heterocycles. The van der Waals surface area contributed by atoms with Gasteiger partial charge in [-0.25, -0.2) is 9.18 Å². The summed E-state index contributed by atoms with van der Waals surface area (Å²) in [4.78, 5) is 23.7. The molecular formula is C9H12ClFN2O2. The maximum Gasteiger partial charge on any atom is 0.324 e. The Hall–Kier alpha value is -1.10. The zero-order valence-corrected chi connectivity index (χ0v) is 9.05. The van der Waals surface area contributed by atoms with Crippen LogP contribution in [-0.4, -0.2) is 35.3 Å². The highest BCUT2D eigenvalue weighted by atomic mass is 35.5. The van der Waals surface area contributed by atoms with E-state index in [0.29, 0.717) is 13.0 Å². The summed E-state index contributed by atoms with van der Waals surface area (Å²) in [6, 6.07) is -0.601. The molecule has 3 amide bonds. The molecule has 1 N–H and O–H groups in total. The van der Waals surface area contributed by atoms with Gasteiger partial charge in [-0.1, -0.05) is 0 Å². The van der Waals surface area contributed by atoms with Gasteiger partial charge in [-0.15, -0.1) is 11.6 Å². The number of amides is 3. The lowest BCUT2D eigenvalue weighted by atomic mass is 10.2. The van der Waals surface area contributed by atoms with E-state index in [1.165, 1.54) is 17.9 Å². The third-order valence-electron chi connectivity index (χ3n) is 1.99. The fourth-order valence-electron chi connectivity index (χ4n) is 1.16. The van der Waals surface area contributed by atoms with Crippen LogP contribution in [0.1, 0.15) is 13.3 Å². The van der Waals surface area contributed by atoms with E-state index >= 15 is 0 Å². The fraction of sp³-hybridized carbons (Fsp3) is 0.556. The van der Waals surface area contributed by atoms with Crippen molar-refractivity contribution in [2.45, 2.75) is 18.7 Å². The second-order valence-electron chi connectivity index (χ2n) is 3.27. The van der Waals surface area contributed by atoms with E-state index in [2.05, 4.69) is 5.32 Å². The Bertz CT molecular complexity index is 304. The lowest BCUT2D eigenvalue weighted by molar-refractivity contribution is -0.119. The summed E-state index contributed by atoms with van der Waals surface area (Å²) in [7, 11) is 0. The first kappa shape index (κ1) is 12.0. The summed E-state index contributed by atoms with van der Waals surface area (Å²) in [5.74, 6) is -0.931. The number of rotatable bonds is 1. The number of hydrogen-bond donors (Lipinski definition) is 1. The van der Waals surface area contributed by atoms with E-state index in [-0.39, 0.29) is 12.4 Å². The summed E-state index contributed by atoms with van der Waals surface area (Å²) in [6.45, 7) is 1.78. The Morgan fingerprint density at radius 2 is 2.33 bits per heavy atom. The largest absolute Gasteiger partial charge is 0.324 e. The molecule has 6 heteroatoms. The van der Waals surface area contributed by atoms with Crippen LogP contribution in [0.4, 0.5) is 9.18 Å². The van der Waals surface area contributed by atoms with Crippen LogP contribution in [0.15, 0.2) is 11.9 Å². The van der Waals surface area contributed by atoms with Crippen molar-refractivity contribution in [1.82, 2.24) is 10.2 Å². The van der Waals surface area contributed by atoms with Gasteiger partial charge >= 0.3 is 6.03 Å². The molecule has 0 bridgehead atoms. The maximum absolute atomic E-state index is 12.8. The lowest BCUT2D eigenvalue weighted by Gasteiger charge is -2.24. The van der Waals surface area contributed by atoms with Crippen LogP contribution < -0.4 is 5.32 Å².